The van der Waals surface area contributed by atoms with E-state index < -0.39 is 0 Å². The maximum Gasteiger partial charge on any atom is 0.169 e. The van der Waals surface area contributed by atoms with E-state index in [4.69, 9.17) is 5.73 Å². The summed E-state index contributed by atoms with van der Waals surface area (Å²) in [6.45, 7) is 1.95. The predicted molar refractivity (Wildman–Crippen MR) is 65.4 cm³/mol. The number of nitrogen functional groups attached to an aromatic ring is 1. The number of aryl methyl sites for hydroxylation is 1. The summed E-state index contributed by atoms with van der Waals surface area (Å²) in [5.74, 6) is 0.750. The molecule has 0 atom stereocenters. The van der Waals surface area contributed by atoms with Crippen LogP contribution in [0.3, 0.4) is 0 Å². The number of anilines is 1. The molecular weight excluding hydrogens is 214 g/mol. The fourth-order valence-electron chi connectivity index (χ4n) is 1.70. The summed E-state index contributed by atoms with van der Waals surface area (Å²) >= 11 is 0. The van der Waals surface area contributed by atoms with Crippen molar-refractivity contribution in [3.63, 3.8) is 0 Å². The molecular formula is C12H11N5. The Morgan fingerprint density at radius 1 is 1.12 bits per heavy atom. The van der Waals surface area contributed by atoms with Crippen LogP contribution in [0.4, 0.5) is 5.69 Å². The fourth-order valence-corrected chi connectivity index (χ4v) is 1.70. The maximum absolute atomic E-state index is 5.76. The molecule has 3 rings (SSSR count). The summed E-state index contributed by atoms with van der Waals surface area (Å²) in [6.07, 6.45) is 3.60. The van der Waals surface area contributed by atoms with Gasteiger partial charge in [0, 0.05) is 29.3 Å². The molecule has 0 aliphatic heterocycles. The summed E-state index contributed by atoms with van der Waals surface area (Å²) in [7, 11) is 0. The second-order valence-electron chi connectivity index (χ2n) is 3.90. The van der Waals surface area contributed by atoms with Gasteiger partial charge in [-0.15, -0.1) is 10.2 Å². The van der Waals surface area contributed by atoms with E-state index in [0.717, 1.165) is 22.7 Å². The van der Waals surface area contributed by atoms with Crippen LogP contribution in [0, 0.1) is 6.92 Å². The van der Waals surface area contributed by atoms with Gasteiger partial charge in [-0.25, -0.2) is 0 Å². The van der Waals surface area contributed by atoms with Gasteiger partial charge >= 0.3 is 0 Å². The number of nitrogens with zero attached hydrogens (tertiary/aromatic N) is 4. The van der Waals surface area contributed by atoms with Gasteiger partial charge < -0.3 is 5.73 Å². The minimum atomic E-state index is 0.679. The Kier molecular flexibility index (Phi) is 2.04. The quantitative estimate of drug-likeness (QED) is 0.684. The number of nitrogens with two attached hydrogens (primary N) is 1. The van der Waals surface area contributed by atoms with Crippen LogP contribution in [0.15, 0.2) is 36.7 Å². The summed E-state index contributed by atoms with van der Waals surface area (Å²) < 4.78 is 1.86. The molecule has 3 heterocycles. The van der Waals surface area contributed by atoms with Crippen molar-refractivity contribution in [1.29, 1.82) is 0 Å². The second kappa shape index (κ2) is 3.55. The number of rotatable bonds is 1. The van der Waals surface area contributed by atoms with Crippen LogP contribution in [0.5, 0.6) is 0 Å². The average Bonchev–Trinajstić information content (AvgIpc) is 2.73. The van der Waals surface area contributed by atoms with E-state index in [2.05, 4.69) is 15.2 Å². The molecule has 0 unspecified atom stereocenters. The molecule has 0 radical (unpaired) electrons. The molecule has 84 valence electrons. The lowest BCUT2D eigenvalue weighted by atomic mass is 10.2. The highest BCUT2D eigenvalue weighted by molar-refractivity contribution is 5.60. The number of hydrogen-bond acceptors (Lipinski definition) is 4. The van der Waals surface area contributed by atoms with Gasteiger partial charge in [0.1, 0.15) is 0 Å². The van der Waals surface area contributed by atoms with Crippen molar-refractivity contribution < 1.29 is 0 Å². The Balaban J connectivity index is 2.23. The molecule has 0 aliphatic rings. The molecule has 3 aromatic rings. The van der Waals surface area contributed by atoms with Crippen LogP contribution in [-0.4, -0.2) is 19.6 Å². The molecule has 2 N–H and O–H groups in total. The third kappa shape index (κ3) is 1.61. The van der Waals surface area contributed by atoms with Gasteiger partial charge in [0.15, 0.2) is 11.5 Å². The van der Waals surface area contributed by atoms with E-state index in [-0.39, 0.29) is 0 Å². The number of pyridine rings is 2. The zero-order valence-electron chi connectivity index (χ0n) is 9.33. The van der Waals surface area contributed by atoms with Crippen molar-refractivity contribution in [2.45, 2.75) is 6.92 Å². The topological polar surface area (TPSA) is 69.1 Å². The lowest BCUT2D eigenvalue weighted by Crippen LogP contribution is -1.93. The third-order valence-corrected chi connectivity index (χ3v) is 2.59. The number of aromatic nitrogens is 4. The molecule has 0 saturated heterocycles. The predicted octanol–water partition coefficient (Wildman–Crippen LogP) is 1.68. The van der Waals surface area contributed by atoms with E-state index in [1.54, 1.807) is 12.3 Å². The van der Waals surface area contributed by atoms with Crippen molar-refractivity contribution in [3.05, 3.63) is 42.4 Å². The number of fused-ring (bicyclic) bond motifs is 1. The van der Waals surface area contributed by atoms with Crippen molar-refractivity contribution in [2.24, 2.45) is 0 Å². The van der Waals surface area contributed by atoms with Gasteiger partial charge in [0.2, 0.25) is 0 Å². The normalized spacial score (nSPS) is 10.9. The monoisotopic (exact) mass is 225 g/mol. The first-order chi connectivity index (χ1) is 8.24. The van der Waals surface area contributed by atoms with Crippen molar-refractivity contribution in [3.8, 4) is 11.4 Å². The Morgan fingerprint density at radius 3 is 2.76 bits per heavy atom. The maximum atomic E-state index is 5.76. The molecule has 0 amide bonds. The highest BCUT2D eigenvalue weighted by Crippen LogP contribution is 2.18. The molecule has 0 saturated carbocycles. The van der Waals surface area contributed by atoms with Gasteiger partial charge in [0.25, 0.3) is 0 Å². The molecule has 0 aliphatic carbocycles. The zero-order valence-corrected chi connectivity index (χ0v) is 9.33. The van der Waals surface area contributed by atoms with Gasteiger partial charge in [-0.3, -0.25) is 9.38 Å². The zero-order chi connectivity index (χ0) is 11.8. The van der Waals surface area contributed by atoms with Crippen molar-refractivity contribution >= 4 is 11.3 Å². The van der Waals surface area contributed by atoms with E-state index in [1.807, 2.05) is 35.7 Å². The molecule has 17 heavy (non-hydrogen) atoms. The highest BCUT2D eigenvalue weighted by atomic mass is 15.2. The van der Waals surface area contributed by atoms with E-state index in [1.165, 1.54) is 0 Å². The van der Waals surface area contributed by atoms with Gasteiger partial charge in [-0.2, -0.15) is 0 Å². The van der Waals surface area contributed by atoms with Crippen LogP contribution in [-0.2, 0) is 0 Å². The first kappa shape index (κ1) is 9.77. The molecule has 0 spiro atoms. The van der Waals surface area contributed by atoms with Crippen LogP contribution in [0.1, 0.15) is 5.69 Å². The average molecular weight is 225 g/mol. The summed E-state index contributed by atoms with van der Waals surface area (Å²) in [5.41, 5.74) is 9.11. The van der Waals surface area contributed by atoms with Crippen LogP contribution < -0.4 is 5.73 Å². The van der Waals surface area contributed by atoms with Crippen LogP contribution in [0.25, 0.3) is 17.0 Å². The third-order valence-electron chi connectivity index (χ3n) is 2.59. The molecule has 5 nitrogen and oxygen atoms in total. The van der Waals surface area contributed by atoms with Gasteiger partial charge in [-0.1, -0.05) is 0 Å². The Labute approximate surface area is 97.9 Å². The first-order valence-electron chi connectivity index (χ1n) is 5.27. The van der Waals surface area contributed by atoms with Gasteiger partial charge in [-0.05, 0) is 31.2 Å². The lowest BCUT2D eigenvalue weighted by Gasteiger charge is -2.01. The first-order valence-corrected chi connectivity index (χ1v) is 5.27. The molecule has 0 aromatic carbocycles. The standard InChI is InChI=1S/C12H11N5/c1-8-2-3-9(6-14-8)12-16-15-11-5-4-10(13)7-17(11)12/h2-7H,13H2,1H3. The Hall–Kier alpha value is -2.43. The second-order valence-corrected chi connectivity index (χ2v) is 3.90. The van der Waals surface area contributed by atoms with E-state index in [0.29, 0.717) is 5.69 Å². The summed E-state index contributed by atoms with van der Waals surface area (Å²) in [6, 6.07) is 7.57. The summed E-state index contributed by atoms with van der Waals surface area (Å²) in [5, 5.41) is 8.24. The molecule has 3 aromatic heterocycles. The number of hydrogen-bond donors (Lipinski definition) is 1. The minimum absolute atomic E-state index is 0.679. The Bertz CT molecular complexity index is 669. The highest BCUT2D eigenvalue weighted by Gasteiger charge is 2.07. The van der Waals surface area contributed by atoms with Gasteiger partial charge in [0.05, 0.1) is 0 Å². The Morgan fingerprint density at radius 2 is 2.00 bits per heavy atom. The lowest BCUT2D eigenvalue weighted by molar-refractivity contribution is 1.10. The fraction of sp³-hybridized carbons (Fsp3) is 0.0833. The van der Waals surface area contributed by atoms with Crippen LogP contribution in [0.2, 0.25) is 0 Å². The van der Waals surface area contributed by atoms with E-state index in [9.17, 15) is 0 Å². The van der Waals surface area contributed by atoms with Crippen molar-refractivity contribution in [1.82, 2.24) is 19.6 Å². The smallest absolute Gasteiger partial charge is 0.169 e. The van der Waals surface area contributed by atoms with E-state index >= 15 is 0 Å². The minimum Gasteiger partial charge on any atom is -0.398 e. The van der Waals surface area contributed by atoms with Crippen LogP contribution >= 0.6 is 0 Å². The molecule has 0 bridgehead atoms. The summed E-state index contributed by atoms with van der Waals surface area (Å²) in [4.78, 5) is 4.25. The molecule has 0 fully saturated rings. The largest absolute Gasteiger partial charge is 0.398 e. The molecule has 5 heteroatoms. The van der Waals surface area contributed by atoms with Crippen molar-refractivity contribution in [2.75, 3.05) is 5.73 Å². The SMILES string of the molecule is Cc1ccc(-c2nnc3ccc(N)cn23)cn1.